The van der Waals surface area contributed by atoms with Crippen molar-refractivity contribution >= 4 is 47.7 Å². The van der Waals surface area contributed by atoms with Crippen molar-refractivity contribution in [3.63, 3.8) is 0 Å². The van der Waals surface area contributed by atoms with Gasteiger partial charge in [-0.2, -0.15) is 0 Å². The van der Waals surface area contributed by atoms with Crippen LogP contribution in [0.3, 0.4) is 0 Å². The van der Waals surface area contributed by atoms with E-state index in [1.165, 1.54) is 31.8 Å². The van der Waals surface area contributed by atoms with Gasteiger partial charge in [-0.05, 0) is 109 Å². The monoisotopic (exact) mass is 981 g/mol. The van der Waals surface area contributed by atoms with Crippen LogP contribution in [0.2, 0.25) is 0 Å². The molecule has 0 spiro atoms. The fraction of sp³-hybridized carbons (Fsp3) is 0. The van der Waals surface area contributed by atoms with E-state index in [1.54, 1.807) is 18.6 Å². The van der Waals surface area contributed by atoms with E-state index in [1.807, 2.05) is 54.6 Å². The van der Waals surface area contributed by atoms with E-state index in [0.717, 1.165) is 0 Å². The Morgan fingerprint density at radius 2 is 0.485 bits per heavy atom. The number of hydrogen-bond acceptors (Lipinski definition) is 9. The largest absolute Gasteiger partial charge is 1.00 e. The summed E-state index contributed by atoms with van der Waals surface area (Å²) in [6.07, 6.45) is 5.13. The predicted octanol–water partition coefficient (Wildman–Crippen LogP) is 8.35. The first-order chi connectivity index (χ1) is 32.5. The third-order valence-electron chi connectivity index (χ3n) is 9.69. The first kappa shape index (κ1) is 51.3. The number of pyridine rings is 3. The van der Waals surface area contributed by atoms with E-state index in [-0.39, 0.29) is 22.5 Å². The number of nitrogens with zero attached hydrogens (tertiary/aromatic N) is 7. The fourth-order valence-corrected chi connectivity index (χ4v) is 12.0. The molecule has 0 aliphatic carbocycles. The van der Waals surface area contributed by atoms with Crippen LogP contribution in [0.5, 0.6) is 0 Å². The third kappa shape index (κ3) is 15.2. The molecule has 68 heavy (non-hydrogen) atoms. The van der Waals surface area contributed by atoms with Crippen molar-refractivity contribution in [2.24, 2.45) is 0 Å². The predicted molar refractivity (Wildman–Crippen MR) is 277 cm³/mol. The number of benzene rings is 6. The van der Waals surface area contributed by atoms with E-state index >= 15 is 0 Å². The summed E-state index contributed by atoms with van der Waals surface area (Å²) in [5, 5.41) is 23.4. The second kappa shape index (κ2) is 27.7. The van der Waals surface area contributed by atoms with Crippen LogP contribution in [0.25, 0.3) is 34.6 Å². The van der Waals surface area contributed by atoms with Crippen molar-refractivity contribution in [3.8, 4) is 34.6 Å². The Kier molecular flexibility index (Phi) is 20.9. The van der Waals surface area contributed by atoms with Crippen molar-refractivity contribution < 1.29 is 27.6 Å². The van der Waals surface area contributed by atoms with Crippen molar-refractivity contribution in [1.29, 1.82) is 0 Å². The van der Waals surface area contributed by atoms with Crippen LogP contribution in [-0.2, 0) is 17.1 Å². The molecule has 11 nitrogen and oxygen atoms in total. The molecule has 2 N–H and O–H groups in total. The van der Waals surface area contributed by atoms with Crippen LogP contribution in [0.1, 0.15) is 0 Å². The van der Waals surface area contributed by atoms with Crippen LogP contribution in [0, 0.1) is 15.3 Å². The van der Waals surface area contributed by atoms with E-state index in [2.05, 4.69) is 212 Å². The fourth-order valence-electron chi connectivity index (χ4n) is 6.83. The topological polar surface area (TPSA) is 175 Å². The Hall–Kier alpha value is -7.68. The summed E-state index contributed by atoms with van der Waals surface area (Å²) in [5.41, 5.74) is 2.03. The molecule has 340 valence electrons. The van der Waals surface area contributed by atoms with Crippen LogP contribution >= 0.6 is 15.8 Å². The van der Waals surface area contributed by atoms with Crippen molar-refractivity contribution in [2.45, 2.75) is 0 Å². The molecule has 14 heteroatoms. The summed E-state index contributed by atoms with van der Waals surface area (Å²) >= 11 is 0. The third-order valence-corrected chi connectivity index (χ3v) is 15.2. The quantitative estimate of drug-likeness (QED) is 0.0596. The maximum absolute atomic E-state index is 8.25. The standard InChI is InChI=1S/C18H12N6.2C18H15P.Cu.NO3.H2O/c1-4-10-19-13(7-1)16-22-17(14-8-2-5-11-20-14)24-18(23-16)15-9-3-6-12-21-15;2*1-4-10-16(11-5-1)19(17-12-6-2-7-13-17)18-14-8-3-9-15-18;;2-1(3)4;/h1-12H;2*1-15H;;;1H2/q;;;+1;-1;/p+2. The summed E-state index contributed by atoms with van der Waals surface area (Å²) < 4.78 is 0. The van der Waals surface area contributed by atoms with Gasteiger partial charge in [0.05, 0.1) is 20.9 Å². The first-order valence-electron chi connectivity index (χ1n) is 20.9. The Morgan fingerprint density at radius 3 is 0.647 bits per heavy atom. The van der Waals surface area contributed by atoms with Gasteiger partial charge >= 0.3 is 17.1 Å². The maximum Gasteiger partial charge on any atom is 1.00 e. The molecular weight excluding hydrogens is 936 g/mol. The van der Waals surface area contributed by atoms with E-state index < -0.39 is 20.9 Å². The van der Waals surface area contributed by atoms with Crippen LogP contribution in [-0.4, -0.2) is 40.5 Å². The van der Waals surface area contributed by atoms with Gasteiger partial charge in [-0.1, -0.05) is 127 Å². The summed E-state index contributed by atoms with van der Waals surface area (Å²) in [6, 6.07) is 81.8. The van der Waals surface area contributed by atoms with E-state index in [9.17, 15) is 0 Å². The Balaban J connectivity index is 0.000000182. The molecule has 4 aromatic heterocycles. The van der Waals surface area contributed by atoms with Crippen molar-refractivity contribution in [2.75, 3.05) is 0 Å². The molecule has 0 saturated carbocycles. The summed E-state index contributed by atoms with van der Waals surface area (Å²) in [4.78, 5) is 34.8. The molecule has 0 atom stereocenters. The Bertz CT molecular complexity index is 2500. The molecule has 0 saturated heterocycles. The molecule has 6 aromatic carbocycles. The molecule has 10 rings (SSSR count). The minimum absolute atomic E-state index is 0. The van der Waals surface area contributed by atoms with Gasteiger partial charge in [-0.25, -0.2) is 15.0 Å². The number of aromatic nitrogens is 6. The Labute approximate surface area is 408 Å². The summed E-state index contributed by atoms with van der Waals surface area (Å²) in [6.45, 7) is 0. The molecule has 0 radical (unpaired) electrons. The minimum Gasteiger partial charge on any atom is -0.412 e. The molecule has 0 amide bonds. The zero-order chi connectivity index (χ0) is 45.6. The van der Waals surface area contributed by atoms with Gasteiger partial charge in [0.15, 0.2) is 17.5 Å². The molecule has 0 fully saturated rings. The van der Waals surface area contributed by atoms with E-state index in [0.29, 0.717) is 34.6 Å². The van der Waals surface area contributed by atoms with E-state index in [4.69, 9.17) is 15.3 Å². The van der Waals surface area contributed by atoms with Gasteiger partial charge in [0.1, 0.15) is 48.9 Å². The SMILES string of the molecule is O.O=[N+]([O-])[O-].[Cu+].c1ccc(-c2nc(-c3ccccn3)nc(-c3ccccn3)n2)nc1.c1ccc([PH+](c2ccccc2)c2ccccc2)cc1.c1ccc([PH+](c2ccccc2)c2ccccc2)cc1. The van der Waals surface area contributed by atoms with Crippen molar-refractivity contribution in [1.82, 2.24) is 29.9 Å². The van der Waals surface area contributed by atoms with Gasteiger partial charge in [0, 0.05) is 18.6 Å². The molecule has 0 aliphatic rings. The first-order valence-corrected chi connectivity index (χ1v) is 23.9. The summed E-state index contributed by atoms with van der Waals surface area (Å²) in [5.74, 6) is 1.48. The summed E-state index contributed by atoms with van der Waals surface area (Å²) in [7, 11) is -1.75. The van der Waals surface area contributed by atoms with Crippen LogP contribution in [0.4, 0.5) is 0 Å². The molecular formula is C54H46CuN7O4P2+2. The average Bonchev–Trinajstić information content (AvgIpc) is 3.39. The second-order valence-corrected chi connectivity index (χ2v) is 19.1. The second-order valence-electron chi connectivity index (χ2n) is 14.1. The van der Waals surface area contributed by atoms with Gasteiger partial charge in [-0.3, -0.25) is 15.0 Å². The normalized spacial score (nSPS) is 9.97. The van der Waals surface area contributed by atoms with Gasteiger partial charge in [0.25, 0.3) is 0 Å². The van der Waals surface area contributed by atoms with Gasteiger partial charge in [0.2, 0.25) is 0 Å². The van der Waals surface area contributed by atoms with Gasteiger partial charge < -0.3 is 20.8 Å². The maximum atomic E-state index is 8.25. The molecule has 0 unspecified atom stereocenters. The molecule has 0 aliphatic heterocycles. The average molecular weight is 983 g/mol. The minimum atomic E-state index is -1.75. The van der Waals surface area contributed by atoms with Crippen LogP contribution in [0.15, 0.2) is 255 Å². The number of hydrogen-bond donors (Lipinski definition) is 0. The Morgan fingerprint density at radius 1 is 0.309 bits per heavy atom. The zero-order valence-electron chi connectivity index (χ0n) is 36.4. The molecule has 0 bridgehead atoms. The number of rotatable bonds is 9. The smallest absolute Gasteiger partial charge is 0.412 e. The van der Waals surface area contributed by atoms with Crippen LogP contribution < -0.4 is 31.8 Å². The zero-order valence-corrected chi connectivity index (χ0v) is 39.3. The molecule has 4 heterocycles. The molecule has 10 aromatic rings. The van der Waals surface area contributed by atoms with Gasteiger partial charge in [-0.15, -0.1) is 0 Å². The van der Waals surface area contributed by atoms with Crippen molar-refractivity contribution in [3.05, 3.63) is 271 Å².